The van der Waals surface area contributed by atoms with E-state index in [1.807, 2.05) is 32.0 Å². The summed E-state index contributed by atoms with van der Waals surface area (Å²) in [6.45, 7) is 14.8. The molecule has 1 aromatic rings. The molecular weight excluding hydrogens is 236 g/mol. The molecule has 108 valence electrons. The molecule has 0 spiro atoms. The Bertz CT molecular complexity index is 385. The summed E-state index contributed by atoms with van der Waals surface area (Å²) in [6.07, 6.45) is 0.935. The van der Waals surface area contributed by atoms with E-state index < -0.39 is 5.60 Å². The van der Waals surface area contributed by atoms with Crippen LogP contribution in [-0.2, 0) is 15.4 Å². The fraction of sp³-hybridized carbons (Fsp3) is 0.647. The molecule has 0 aliphatic carbocycles. The van der Waals surface area contributed by atoms with Gasteiger partial charge in [-0.1, -0.05) is 51.1 Å². The molecule has 0 aliphatic rings. The highest BCUT2D eigenvalue weighted by molar-refractivity contribution is 5.20. The van der Waals surface area contributed by atoms with Crippen molar-refractivity contribution in [1.82, 2.24) is 0 Å². The smallest absolute Gasteiger partial charge is 0.123 e. The summed E-state index contributed by atoms with van der Waals surface area (Å²) in [5, 5.41) is 0. The van der Waals surface area contributed by atoms with Crippen LogP contribution < -0.4 is 0 Å². The summed E-state index contributed by atoms with van der Waals surface area (Å²) in [6, 6.07) is 10.1. The zero-order chi connectivity index (χ0) is 14.7. The van der Waals surface area contributed by atoms with E-state index in [-0.39, 0.29) is 11.0 Å². The standard InChI is InChI=1S/C17H28O2/c1-15(2,3)13-16(4,5)18-19-17(6,7)14-11-9-8-10-12-14/h8-12H,13H2,1-7H3. The third-order valence-electron chi connectivity index (χ3n) is 2.90. The maximum atomic E-state index is 5.73. The van der Waals surface area contributed by atoms with Gasteiger partial charge in [-0.05, 0) is 45.1 Å². The highest BCUT2D eigenvalue weighted by atomic mass is 17.2. The zero-order valence-electron chi connectivity index (χ0n) is 13.4. The summed E-state index contributed by atoms with van der Waals surface area (Å²) < 4.78 is 0. The van der Waals surface area contributed by atoms with Crippen molar-refractivity contribution in [2.45, 2.75) is 66.1 Å². The number of hydrogen-bond acceptors (Lipinski definition) is 2. The molecule has 1 aromatic carbocycles. The quantitative estimate of drug-likeness (QED) is 0.545. The molecule has 2 heteroatoms. The second-order valence-corrected chi connectivity index (χ2v) is 7.54. The molecular formula is C17H28O2. The Kier molecular flexibility index (Phi) is 4.81. The first-order valence-corrected chi connectivity index (χ1v) is 6.94. The van der Waals surface area contributed by atoms with E-state index in [4.69, 9.17) is 9.78 Å². The van der Waals surface area contributed by atoms with Crippen LogP contribution in [0.2, 0.25) is 0 Å². The van der Waals surface area contributed by atoms with Crippen molar-refractivity contribution in [3.63, 3.8) is 0 Å². The van der Waals surface area contributed by atoms with E-state index in [1.165, 1.54) is 0 Å². The lowest BCUT2D eigenvalue weighted by molar-refractivity contribution is -0.408. The van der Waals surface area contributed by atoms with Crippen molar-refractivity contribution in [2.75, 3.05) is 0 Å². The van der Waals surface area contributed by atoms with Crippen LogP contribution >= 0.6 is 0 Å². The second-order valence-electron chi connectivity index (χ2n) is 7.54. The Balaban J connectivity index is 2.65. The van der Waals surface area contributed by atoms with Gasteiger partial charge in [0.15, 0.2) is 0 Å². The minimum absolute atomic E-state index is 0.212. The average Bonchev–Trinajstić information content (AvgIpc) is 2.25. The molecule has 0 amide bonds. The topological polar surface area (TPSA) is 18.5 Å². The normalized spacial score (nSPS) is 13.6. The van der Waals surface area contributed by atoms with Gasteiger partial charge in [0.05, 0.1) is 5.60 Å². The van der Waals surface area contributed by atoms with E-state index in [0.717, 1.165) is 12.0 Å². The lowest BCUT2D eigenvalue weighted by Gasteiger charge is -2.34. The van der Waals surface area contributed by atoms with Crippen LogP contribution in [0.15, 0.2) is 30.3 Å². The Hall–Kier alpha value is -0.860. The van der Waals surface area contributed by atoms with Gasteiger partial charge in [-0.25, -0.2) is 9.78 Å². The van der Waals surface area contributed by atoms with Gasteiger partial charge >= 0.3 is 0 Å². The van der Waals surface area contributed by atoms with Gasteiger partial charge in [0.25, 0.3) is 0 Å². The predicted molar refractivity (Wildman–Crippen MR) is 79.8 cm³/mol. The van der Waals surface area contributed by atoms with Crippen LogP contribution in [0.25, 0.3) is 0 Å². The summed E-state index contributed by atoms with van der Waals surface area (Å²) in [5.41, 5.74) is 0.575. The predicted octanol–water partition coefficient (Wildman–Crippen LogP) is 5.08. The van der Waals surface area contributed by atoms with Gasteiger partial charge in [-0.15, -0.1) is 0 Å². The van der Waals surface area contributed by atoms with Crippen molar-refractivity contribution in [3.05, 3.63) is 35.9 Å². The Morgan fingerprint density at radius 3 is 1.79 bits per heavy atom. The van der Waals surface area contributed by atoms with Crippen LogP contribution in [0.5, 0.6) is 0 Å². The molecule has 0 radical (unpaired) electrons. The first-order chi connectivity index (χ1) is 8.52. The number of benzene rings is 1. The third kappa shape index (κ3) is 5.75. The summed E-state index contributed by atoms with van der Waals surface area (Å²) in [5.74, 6) is 0. The molecule has 0 N–H and O–H groups in total. The molecule has 0 fully saturated rings. The molecule has 0 unspecified atom stereocenters. The van der Waals surface area contributed by atoms with Crippen molar-refractivity contribution in [3.8, 4) is 0 Å². The summed E-state index contributed by atoms with van der Waals surface area (Å²) in [4.78, 5) is 11.5. The van der Waals surface area contributed by atoms with Gasteiger partial charge in [0.1, 0.15) is 5.60 Å². The van der Waals surface area contributed by atoms with E-state index in [0.29, 0.717) is 0 Å². The van der Waals surface area contributed by atoms with Crippen molar-refractivity contribution in [2.24, 2.45) is 5.41 Å². The monoisotopic (exact) mass is 264 g/mol. The molecule has 1 rings (SSSR count). The SMILES string of the molecule is CC(C)(C)CC(C)(C)OOC(C)(C)c1ccccc1. The molecule has 0 aromatic heterocycles. The van der Waals surface area contributed by atoms with Crippen LogP contribution in [0, 0.1) is 5.41 Å². The fourth-order valence-electron chi connectivity index (χ4n) is 2.41. The van der Waals surface area contributed by atoms with Crippen LogP contribution in [0.3, 0.4) is 0 Å². The highest BCUT2D eigenvalue weighted by Crippen LogP contribution is 2.32. The van der Waals surface area contributed by atoms with E-state index in [9.17, 15) is 0 Å². The molecule has 19 heavy (non-hydrogen) atoms. The molecule has 0 aliphatic heterocycles. The molecule has 0 saturated heterocycles. The van der Waals surface area contributed by atoms with Crippen molar-refractivity contribution >= 4 is 0 Å². The Labute approximate surface area is 118 Å². The molecule has 0 atom stereocenters. The van der Waals surface area contributed by atoms with Crippen LogP contribution in [0.4, 0.5) is 0 Å². The molecule has 0 saturated carbocycles. The second kappa shape index (κ2) is 5.64. The maximum absolute atomic E-state index is 5.73. The average molecular weight is 264 g/mol. The van der Waals surface area contributed by atoms with E-state index in [1.54, 1.807) is 0 Å². The first kappa shape index (κ1) is 16.2. The lowest BCUT2D eigenvalue weighted by atomic mass is 9.84. The first-order valence-electron chi connectivity index (χ1n) is 6.94. The summed E-state index contributed by atoms with van der Waals surface area (Å²) >= 11 is 0. The number of hydrogen-bond donors (Lipinski definition) is 0. The summed E-state index contributed by atoms with van der Waals surface area (Å²) in [7, 11) is 0. The van der Waals surface area contributed by atoms with E-state index >= 15 is 0 Å². The Morgan fingerprint density at radius 1 is 0.789 bits per heavy atom. The highest BCUT2D eigenvalue weighted by Gasteiger charge is 2.31. The lowest BCUT2D eigenvalue weighted by Crippen LogP contribution is -2.34. The van der Waals surface area contributed by atoms with Crippen LogP contribution in [-0.4, -0.2) is 5.60 Å². The van der Waals surface area contributed by atoms with Gasteiger partial charge in [-0.3, -0.25) is 0 Å². The van der Waals surface area contributed by atoms with Crippen molar-refractivity contribution < 1.29 is 9.78 Å². The maximum Gasteiger partial charge on any atom is 0.123 e. The van der Waals surface area contributed by atoms with Crippen molar-refractivity contribution in [1.29, 1.82) is 0 Å². The van der Waals surface area contributed by atoms with Gasteiger partial charge < -0.3 is 0 Å². The minimum Gasteiger partial charge on any atom is -0.230 e. The third-order valence-corrected chi connectivity index (χ3v) is 2.90. The zero-order valence-corrected chi connectivity index (χ0v) is 13.4. The molecule has 0 bridgehead atoms. The minimum atomic E-state index is -0.448. The largest absolute Gasteiger partial charge is 0.230 e. The number of rotatable bonds is 5. The fourth-order valence-corrected chi connectivity index (χ4v) is 2.41. The Morgan fingerprint density at radius 2 is 1.32 bits per heavy atom. The molecule has 0 heterocycles. The molecule has 2 nitrogen and oxygen atoms in total. The van der Waals surface area contributed by atoms with Gasteiger partial charge in [-0.2, -0.15) is 0 Å². The van der Waals surface area contributed by atoms with Gasteiger partial charge in [0.2, 0.25) is 0 Å². The van der Waals surface area contributed by atoms with Gasteiger partial charge in [0, 0.05) is 0 Å². The van der Waals surface area contributed by atoms with Crippen LogP contribution in [0.1, 0.15) is 60.5 Å². The van der Waals surface area contributed by atoms with E-state index in [2.05, 4.69) is 46.8 Å².